The maximum absolute atomic E-state index is 12.7. The Bertz CT molecular complexity index is 682. The zero-order chi connectivity index (χ0) is 20.1. The zero-order valence-electron chi connectivity index (χ0n) is 18.2. The van der Waals surface area contributed by atoms with E-state index in [1.54, 1.807) is 10.9 Å². The van der Waals surface area contributed by atoms with E-state index in [1.807, 2.05) is 18.1 Å². The lowest BCUT2D eigenvalue weighted by atomic mass is 9.92. The van der Waals surface area contributed by atoms with Gasteiger partial charge in [-0.1, -0.05) is 13.8 Å². The molecule has 164 valence electrons. The van der Waals surface area contributed by atoms with Crippen LogP contribution in [0.3, 0.4) is 0 Å². The summed E-state index contributed by atoms with van der Waals surface area (Å²) in [5, 5.41) is 7.53. The van der Waals surface area contributed by atoms with Crippen LogP contribution in [0.1, 0.15) is 27.2 Å². The molecule has 8 nitrogen and oxygen atoms in total. The van der Waals surface area contributed by atoms with Gasteiger partial charge in [-0.2, -0.15) is 5.10 Å². The standard InChI is InChI=1S/C20H35N7O.HI/c1-5-21-20(22-6-7-25-12-16(2)10-17(3)13-25)26-8-9-27(19(28)15-26)18-11-23-24(4)14-18;/h11,14,16-17H,5-10,12-13,15H2,1-4H3,(H,21,22);1H. The molecule has 2 aliphatic heterocycles. The minimum atomic E-state index is 0. The van der Waals surface area contributed by atoms with E-state index in [0.29, 0.717) is 13.1 Å². The van der Waals surface area contributed by atoms with Crippen molar-refractivity contribution in [2.24, 2.45) is 23.9 Å². The third-order valence-corrected chi connectivity index (χ3v) is 5.48. The van der Waals surface area contributed by atoms with Crippen molar-refractivity contribution in [3.05, 3.63) is 12.4 Å². The number of amides is 1. The van der Waals surface area contributed by atoms with Gasteiger partial charge in [0.1, 0.15) is 6.54 Å². The second-order valence-corrected chi connectivity index (χ2v) is 8.28. The summed E-state index contributed by atoms with van der Waals surface area (Å²) < 4.78 is 1.73. The van der Waals surface area contributed by atoms with E-state index in [0.717, 1.165) is 49.7 Å². The number of halogens is 1. The molecule has 3 rings (SSSR count). The first-order valence-electron chi connectivity index (χ1n) is 10.5. The van der Waals surface area contributed by atoms with Gasteiger partial charge in [-0.05, 0) is 25.2 Å². The molecule has 2 aliphatic rings. The van der Waals surface area contributed by atoms with Crippen LogP contribution >= 0.6 is 24.0 Å². The van der Waals surface area contributed by atoms with Gasteiger partial charge in [0.2, 0.25) is 5.91 Å². The Morgan fingerprint density at radius 2 is 2.00 bits per heavy atom. The lowest BCUT2D eigenvalue weighted by Gasteiger charge is -2.36. The summed E-state index contributed by atoms with van der Waals surface area (Å²) in [5.41, 5.74) is 0.863. The highest BCUT2D eigenvalue weighted by Crippen LogP contribution is 2.20. The highest BCUT2D eigenvalue weighted by atomic mass is 127. The number of piperidine rings is 1. The van der Waals surface area contributed by atoms with Gasteiger partial charge in [0.25, 0.3) is 0 Å². The number of hydrogen-bond acceptors (Lipinski definition) is 4. The second kappa shape index (κ2) is 11.1. The fourth-order valence-corrected chi connectivity index (χ4v) is 4.37. The van der Waals surface area contributed by atoms with Crippen LogP contribution in [0.15, 0.2) is 17.4 Å². The van der Waals surface area contributed by atoms with Gasteiger partial charge < -0.3 is 20.0 Å². The summed E-state index contributed by atoms with van der Waals surface area (Å²) in [7, 11) is 1.87. The molecule has 0 radical (unpaired) electrons. The van der Waals surface area contributed by atoms with Gasteiger partial charge in [-0.25, -0.2) is 0 Å². The molecule has 0 aliphatic carbocycles. The van der Waals surface area contributed by atoms with Gasteiger partial charge in [-0.15, -0.1) is 24.0 Å². The van der Waals surface area contributed by atoms with E-state index < -0.39 is 0 Å². The average molecular weight is 517 g/mol. The molecule has 0 bridgehead atoms. The number of aliphatic imine (C=N–C) groups is 1. The molecule has 9 heteroatoms. The van der Waals surface area contributed by atoms with Crippen molar-refractivity contribution < 1.29 is 4.79 Å². The van der Waals surface area contributed by atoms with Crippen LogP contribution in [0.5, 0.6) is 0 Å². The van der Waals surface area contributed by atoms with E-state index in [9.17, 15) is 4.79 Å². The minimum absolute atomic E-state index is 0. The Morgan fingerprint density at radius 1 is 1.28 bits per heavy atom. The molecule has 2 fully saturated rings. The summed E-state index contributed by atoms with van der Waals surface area (Å²) in [5.74, 6) is 2.46. The molecular weight excluding hydrogens is 481 g/mol. The number of aromatic nitrogens is 2. The van der Waals surface area contributed by atoms with Crippen LogP contribution in [0.4, 0.5) is 5.69 Å². The second-order valence-electron chi connectivity index (χ2n) is 8.28. The van der Waals surface area contributed by atoms with Crippen molar-refractivity contribution in [1.29, 1.82) is 0 Å². The molecule has 2 atom stereocenters. The van der Waals surface area contributed by atoms with Crippen molar-refractivity contribution >= 4 is 41.5 Å². The Labute approximate surface area is 191 Å². The predicted molar refractivity (Wildman–Crippen MR) is 128 cm³/mol. The number of anilines is 1. The molecule has 29 heavy (non-hydrogen) atoms. The highest BCUT2D eigenvalue weighted by molar-refractivity contribution is 14.0. The molecule has 1 amide bonds. The Morgan fingerprint density at radius 3 is 2.59 bits per heavy atom. The van der Waals surface area contributed by atoms with Crippen molar-refractivity contribution in [2.45, 2.75) is 27.2 Å². The smallest absolute Gasteiger partial charge is 0.246 e. The first-order valence-corrected chi connectivity index (χ1v) is 10.5. The third kappa shape index (κ3) is 6.56. The van der Waals surface area contributed by atoms with Crippen LogP contribution < -0.4 is 10.2 Å². The molecule has 2 saturated heterocycles. The molecule has 3 heterocycles. The van der Waals surface area contributed by atoms with Gasteiger partial charge in [0.05, 0.1) is 18.4 Å². The Kier molecular flexibility index (Phi) is 9.19. The third-order valence-electron chi connectivity index (χ3n) is 5.48. The molecule has 2 unspecified atom stereocenters. The summed E-state index contributed by atoms with van der Waals surface area (Å²) >= 11 is 0. The molecule has 1 aromatic heterocycles. The number of nitrogens with one attached hydrogen (secondary N) is 1. The summed E-state index contributed by atoms with van der Waals surface area (Å²) in [4.78, 5) is 23.9. The van der Waals surface area contributed by atoms with Crippen LogP contribution in [0.2, 0.25) is 0 Å². The van der Waals surface area contributed by atoms with Crippen LogP contribution in [0, 0.1) is 11.8 Å². The molecule has 0 saturated carbocycles. The van der Waals surface area contributed by atoms with E-state index in [-0.39, 0.29) is 29.9 Å². The van der Waals surface area contributed by atoms with Gasteiger partial charge >= 0.3 is 0 Å². The summed E-state index contributed by atoms with van der Waals surface area (Å²) in [6.45, 7) is 13.4. The summed E-state index contributed by atoms with van der Waals surface area (Å²) in [6, 6.07) is 0. The van der Waals surface area contributed by atoms with Crippen LogP contribution in [-0.4, -0.2) is 83.8 Å². The number of rotatable bonds is 5. The van der Waals surface area contributed by atoms with Gasteiger partial charge in [0.15, 0.2) is 5.96 Å². The van der Waals surface area contributed by atoms with Gasteiger partial charge in [0, 0.05) is 52.5 Å². The zero-order valence-corrected chi connectivity index (χ0v) is 20.5. The first kappa shape index (κ1) is 23.9. The maximum Gasteiger partial charge on any atom is 0.246 e. The molecule has 1 aromatic rings. The molecule has 1 N–H and O–H groups in total. The van der Waals surface area contributed by atoms with E-state index in [2.05, 4.69) is 41.0 Å². The minimum Gasteiger partial charge on any atom is -0.357 e. The number of carbonyl (C=O) groups excluding carboxylic acids is 1. The fourth-order valence-electron chi connectivity index (χ4n) is 4.37. The number of likely N-dealkylation sites (tertiary alicyclic amines) is 1. The van der Waals surface area contributed by atoms with Crippen molar-refractivity contribution in [2.75, 3.05) is 57.3 Å². The number of guanidine groups is 1. The molecular formula is C20H36IN7O. The lowest BCUT2D eigenvalue weighted by molar-refractivity contribution is -0.120. The topological polar surface area (TPSA) is 69.0 Å². The number of piperazine rings is 1. The van der Waals surface area contributed by atoms with E-state index >= 15 is 0 Å². The van der Waals surface area contributed by atoms with Crippen LogP contribution in [0.25, 0.3) is 0 Å². The number of hydrogen-bond donors (Lipinski definition) is 1. The lowest BCUT2D eigenvalue weighted by Crippen LogP contribution is -2.55. The van der Waals surface area contributed by atoms with Crippen molar-refractivity contribution in [3.8, 4) is 0 Å². The van der Waals surface area contributed by atoms with Crippen molar-refractivity contribution in [1.82, 2.24) is 24.9 Å². The summed E-state index contributed by atoms with van der Waals surface area (Å²) in [6.07, 6.45) is 4.95. The Hall–Kier alpha value is -1.36. The van der Waals surface area contributed by atoms with Crippen LogP contribution in [-0.2, 0) is 11.8 Å². The maximum atomic E-state index is 12.7. The Balaban J connectivity index is 0.00000300. The first-order chi connectivity index (χ1) is 13.5. The molecule has 0 spiro atoms. The average Bonchev–Trinajstić information content (AvgIpc) is 3.06. The fraction of sp³-hybridized carbons (Fsp3) is 0.750. The number of carbonyl (C=O) groups is 1. The van der Waals surface area contributed by atoms with E-state index in [4.69, 9.17) is 4.99 Å². The quantitative estimate of drug-likeness (QED) is 0.366. The van der Waals surface area contributed by atoms with E-state index in [1.165, 1.54) is 19.5 Å². The number of nitrogens with zero attached hydrogens (tertiary/aromatic N) is 6. The molecule has 0 aromatic carbocycles. The number of aryl methyl sites for hydroxylation is 1. The normalized spacial score (nSPS) is 23.9. The monoisotopic (exact) mass is 517 g/mol. The SMILES string of the molecule is CCNC(=NCCN1CC(C)CC(C)C1)N1CCN(c2cnn(C)c2)C(=O)C1.I. The largest absolute Gasteiger partial charge is 0.357 e. The van der Waals surface area contributed by atoms with Crippen molar-refractivity contribution in [3.63, 3.8) is 0 Å². The van der Waals surface area contributed by atoms with Gasteiger partial charge in [-0.3, -0.25) is 14.5 Å². The highest BCUT2D eigenvalue weighted by Gasteiger charge is 2.28. The predicted octanol–water partition coefficient (Wildman–Crippen LogP) is 1.63.